The molecular weight excluding hydrogens is 356 g/mol. The summed E-state index contributed by atoms with van der Waals surface area (Å²) in [6, 6.07) is 13.1. The van der Waals surface area contributed by atoms with Crippen LogP contribution in [-0.2, 0) is 17.8 Å². The van der Waals surface area contributed by atoms with Crippen LogP contribution in [0.4, 0.5) is 8.78 Å². The number of hydrogen-bond donors (Lipinski definition) is 1. The molecule has 6 nitrogen and oxygen atoms in total. The summed E-state index contributed by atoms with van der Waals surface area (Å²) in [7, 11) is 0. The molecule has 27 heavy (non-hydrogen) atoms. The molecule has 0 radical (unpaired) electrons. The third-order valence-corrected chi connectivity index (χ3v) is 3.93. The van der Waals surface area contributed by atoms with E-state index in [1.165, 1.54) is 23.0 Å². The van der Waals surface area contributed by atoms with Crippen LogP contribution < -0.4 is 15.6 Å². The third-order valence-electron chi connectivity index (χ3n) is 3.93. The van der Waals surface area contributed by atoms with Crippen LogP contribution in [0.5, 0.6) is 5.75 Å². The summed E-state index contributed by atoms with van der Waals surface area (Å²) in [5.74, 6) is -0.229. The molecule has 0 saturated carbocycles. The summed E-state index contributed by atoms with van der Waals surface area (Å²) in [5, 5.41) is 3.18. The Bertz CT molecular complexity index is 987. The zero-order chi connectivity index (χ0) is 19.2. The number of alkyl halides is 2. The van der Waals surface area contributed by atoms with Gasteiger partial charge in [0.2, 0.25) is 5.91 Å². The number of carbonyl (C=O) groups excluding carboxylic acids is 1. The molecule has 0 aliphatic rings. The molecule has 2 aromatic carbocycles. The molecule has 8 heteroatoms. The lowest BCUT2D eigenvalue weighted by Gasteiger charge is -2.09. The van der Waals surface area contributed by atoms with E-state index in [0.29, 0.717) is 23.9 Å². The van der Waals surface area contributed by atoms with E-state index in [-0.39, 0.29) is 23.8 Å². The molecule has 1 heterocycles. The van der Waals surface area contributed by atoms with Crippen LogP contribution >= 0.6 is 0 Å². The van der Waals surface area contributed by atoms with Crippen molar-refractivity contribution < 1.29 is 18.3 Å². The number of aromatic nitrogens is 2. The fourth-order valence-corrected chi connectivity index (χ4v) is 2.61. The van der Waals surface area contributed by atoms with Crippen LogP contribution in [0.2, 0.25) is 0 Å². The standard InChI is InChI=1S/C19H17F2N3O3/c20-19(21)27-14-7-5-13(6-8-14)9-10-22-17(25)11-24-12-23-16-4-2-1-3-15(16)18(24)26/h1-8,12,19H,9-11H2,(H,22,25). The summed E-state index contributed by atoms with van der Waals surface area (Å²) in [4.78, 5) is 28.6. The number of hydrogen-bond acceptors (Lipinski definition) is 4. The maximum absolute atomic E-state index is 12.3. The summed E-state index contributed by atoms with van der Waals surface area (Å²) >= 11 is 0. The molecular formula is C19H17F2N3O3. The van der Waals surface area contributed by atoms with Crippen molar-refractivity contribution >= 4 is 16.8 Å². The fraction of sp³-hybridized carbons (Fsp3) is 0.211. The highest BCUT2D eigenvalue weighted by Gasteiger charge is 2.08. The van der Waals surface area contributed by atoms with E-state index in [2.05, 4.69) is 15.0 Å². The molecule has 0 spiro atoms. The van der Waals surface area contributed by atoms with Gasteiger partial charge in [-0.1, -0.05) is 24.3 Å². The molecule has 1 N–H and O–H groups in total. The number of amides is 1. The number of nitrogens with zero attached hydrogens (tertiary/aromatic N) is 2. The first-order valence-electron chi connectivity index (χ1n) is 8.27. The number of nitrogens with one attached hydrogen (secondary N) is 1. The normalized spacial score (nSPS) is 10.9. The van der Waals surface area contributed by atoms with Crippen molar-refractivity contribution in [2.75, 3.05) is 6.54 Å². The minimum atomic E-state index is -2.86. The van der Waals surface area contributed by atoms with Crippen molar-refractivity contribution in [1.82, 2.24) is 14.9 Å². The van der Waals surface area contributed by atoms with Gasteiger partial charge in [-0.25, -0.2) is 4.98 Å². The summed E-state index contributed by atoms with van der Waals surface area (Å²) in [5.41, 5.74) is 1.17. The van der Waals surface area contributed by atoms with Crippen molar-refractivity contribution in [2.24, 2.45) is 0 Å². The van der Waals surface area contributed by atoms with E-state index in [1.807, 2.05) is 0 Å². The number of para-hydroxylation sites is 1. The van der Waals surface area contributed by atoms with Gasteiger partial charge in [0.05, 0.1) is 17.2 Å². The van der Waals surface area contributed by atoms with E-state index in [1.54, 1.807) is 36.4 Å². The van der Waals surface area contributed by atoms with Crippen molar-refractivity contribution in [3.05, 3.63) is 70.8 Å². The first-order chi connectivity index (χ1) is 13.0. The Labute approximate surface area is 153 Å². The molecule has 0 aliphatic heterocycles. The van der Waals surface area contributed by atoms with Crippen molar-refractivity contribution in [3.8, 4) is 5.75 Å². The largest absolute Gasteiger partial charge is 0.435 e. The highest BCUT2D eigenvalue weighted by Crippen LogP contribution is 2.15. The average molecular weight is 373 g/mol. The van der Waals surface area contributed by atoms with Gasteiger partial charge in [-0.3, -0.25) is 14.2 Å². The molecule has 0 saturated heterocycles. The van der Waals surface area contributed by atoms with Crippen LogP contribution in [0.15, 0.2) is 59.7 Å². The Balaban J connectivity index is 1.53. The van der Waals surface area contributed by atoms with Gasteiger partial charge in [0.15, 0.2) is 0 Å². The Morgan fingerprint density at radius 3 is 2.63 bits per heavy atom. The molecule has 0 fully saturated rings. The van der Waals surface area contributed by atoms with Crippen molar-refractivity contribution in [2.45, 2.75) is 19.6 Å². The molecule has 0 bridgehead atoms. The molecule has 0 unspecified atom stereocenters. The monoisotopic (exact) mass is 373 g/mol. The van der Waals surface area contributed by atoms with Gasteiger partial charge < -0.3 is 10.1 Å². The van der Waals surface area contributed by atoms with Gasteiger partial charge in [0.25, 0.3) is 5.56 Å². The van der Waals surface area contributed by atoms with Gasteiger partial charge in [-0.05, 0) is 36.2 Å². The maximum Gasteiger partial charge on any atom is 0.387 e. The third kappa shape index (κ3) is 4.87. The van der Waals surface area contributed by atoms with Crippen LogP contribution in [0.3, 0.4) is 0 Å². The minimum Gasteiger partial charge on any atom is -0.435 e. The highest BCUT2D eigenvalue weighted by molar-refractivity contribution is 5.78. The lowest BCUT2D eigenvalue weighted by Crippen LogP contribution is -2.33. The number of ether oxygens (including phenoxy) is 1. The Morgan fingerprint density at radius 1 is 1.15 bits per heavy atom. The van der Waals surface area contributed by atoms with Crippen molar-refractivity contribution in [1.29, 1.82) is 0 Å². The second-order valence-corrected chi connectivity index (χ2v) is 5.82. The molecule has 1 aromatic heterocycles. The quantitative estimate of drug-likeness (QED) is 0.690. The van der Waals surface area contributed by atoms with Gasteiger partial charge in [-0.2, -0.15) is 8.78 Å². The van der Waals surface area contributed by atoms with E-state index >= 15 is 0 Å². The number of benzene rings is 2. The number of fused-ring (bicyclic) bond motifs is 1. The van der Waals surface area contributed by atoms with Gasteiger partial charge in [-0.15, -0.1) is 0 Å². The average Bonchev–Trinajstić information content (AvgIpc) is 2.65. The number of carbonyl (C=O) groups is 1. The highest BCUT2D eigenvalue weighted by atomic mass is 19.3. The lowest BCUT2D eigenvalue weighted by atomic mass is 10.1. The van der Waals surface area contributed by atoms with Crippen LogP contribution in [0.25, 0.3) is 10.9 Å². The minimum absolute atomic E-state index is 0.0842. The first kappa shape index (κ1) is 18.5. The smallest absolute Gasteiger partial charge is 0.387 e. The topological polar surface area (TPSA) is 73.2 Å². The molecule has 140 valence electrons. The Hall–Kier alpha value is -3.29. The summed E-state index contributed by atoms with van der Waals surface area (Å²) in [6.45, 7) is -2.63. The fourth-order valence-electron chi connectivity index (χ4n) is 2.61. The second kappa shape index (κ2) is 8.39. The number of halogens is 2. The van der Waals surface area contributed by atoms with Gasteiger partial charge >= 0.3 is 6.61 Å². The first-order valence-corrected chi connectivity index (χ1v) is 8.27. The van der Waals surface area contributed by atoms with Crippen LogP contribution in [0.1, 0.15) is 5.56 Å². The Kier molecular flexibility index (Phi) is 5.75. The zero-order valence-corrected chi connectivity index (χ0v) is 14.3. The molecule has 0 aliphatic carbocycles. The van der Waals surface area contributed by atoms with Gasteiger partial charge in [0.1, 0.15) is 12.3 Å². The lowest BCUT2D eigenvalue weighted by molar-refractivity contribution is -0.121. The van der Waals surface area contributed by atoms with E-state index in [0.717, 1.165) is 5.56 Å². The van der Waals surface area contributed by atoms with E-state index in [9.17, 15) is 18.4 Å². The predicted molar refractivity (Wildman–Crippen MR) is 95.8 cm³/mol. The zero-order valence-electron chi connectivity index (χ0n) is 14.3. The molecule has 3 aromatic rings. The van der Waals surface area contributed by atoms with Gasteiger partial charge in [0, 0.05) is 6.54 Å². The predicted octanol–water partition coefficient (Wildman–Crippen LogP) is 2.36. The summed E-state index contributed by atoms with van der Waals surface area (Å²) in [6.07, 6.45) is 1.87. The van der Waals surface area contributed by atoms with Crippen LogP contribution in [-0.4, -0.2) is 28.6 Å². The van der Waals surface area contributed by atoms with E-state index in [4.69, 9.17) is 0 Å². The molecule has 3 rings (SSSR count). The van der Waals surface area contributed by atoms with E-state index < -0.39 is 6.61 Å². The summed E-state index contributed by atoms with van der Waals surface area (Å²) < 4.78 is 29.8. The molecule has 0 atom stereocenters. The molecule has 1 amide bonds. The Morgan fingerprint density at radius 2 is 1.89 bits per heavy atom. The van der Waals surface area contributed by atoms with Crippen LogP contribution in [0, 0.1) is 0 Å². The number of rotatable bonds is 7. The van der Waals surface area contributed by atoms with Crippen molar-refractivity contribution in [3.63, 3.8) is 0 Å². The second-order valence-electron chi connectivity index (χ2n) is 5.82. The SMILES string of the molecule is O=C(Cn1cnc2ccccc2c1=O)NCCc1ccc(OC(F)F)cc1. The maximum atomic E-state index is 12.3.